The summed E-state index contributed by atoms with van der Waals surface area (Å²) >= 11 is 0. The number of aliphatic hydroxyl groups is 1. The maximum Gasteiger partial charge on any atom is 0.222 e. The summed E-state index contributed by atoms with van der Waals surface area (Å²) < 4.78 is 0. The second kappa shape index (κ2) is 9.34. The number of rotatable bonds is 9. The maximum absolute atomic E-state index is 11.8. The molecule has 0 aliphatic heterocycles. The van der Waals surface area contributed by atoms with Gasteiger partial charge in [0.25, 0.3) is 0 Å². The number of nitrogens with two attached hydrogens (primary N) is 1. The van der Waals surface area contributed by atoms with Crippen molar-refractivity contribution >= 4 is 5.91 Å². The molecule has 0 saturated carbocycles. The lowest BCUT2D eigenvalue weighted by molar-refractivity contribution is -0.125. The van der Waals surface area contributed by atoms with Gasteiger partial charge in [-0.3, -0.25) is 4.79 Å². The number of aliphatic hydroxyl groups excluding tert-OH is 1. The number of hydrogen-bond donors (Lipinski definition) is 3. The van der Waals surface area contributed by atoms with Crippen molar-refractivity contribution in [3.8, 4) is 0 Å². The molecule has 3 unspecified atom stereocenters. The molecule has 108 valence electrons. The minimum atomic E-state index is -0.440. The molecule has 0 heterocycles. The third kappa shape index (κ3) is 9.42. The SMILES string of the molecule is CC(C)CC(O)CNC(=O)C(C)CCCC(C)N. The van der Waals surface area contributed by atoms with Crippen LogP contribution in [0.5, 0.6) is 0 Å². The van der Waals surface area contributed by atoms with Crippen LogP contribution in [0.25, 0.3) is 0 Å². The van der Waals surface area contributed by atoms with E-state index in [-0.39, 0.29) is 17.9 Å². The van der Waals surface area contributed by atoms with E-state index in [0.717, 1.165) is 25.7 Å². The highest BCUT2D eigenvalue weighted by molar-refractivity contribution is 5.78. The van der Waals surface area contributed by atoms with Gasteiger partial charge in [-0.15, -0.1) is 0 Å². The van der Waals surface area contributed by atoms with Crippen LogP contribution in [0.15, 0.2) is 0 Å². The number of nitrogens with one attached hydrogen (secondary N) is 1. The minimum Gasteiger partial charge on any atom is -0.391 e. The van der Waals surface area contributed by atoms with Crippen LogP contribution < -0.4 is 11.1 Å². The summed E-state index contributed by atoms with van der Waals surface area (Å²) in [5.74, 6) is 0.470. The molecule has 0 fully saturated rings. The first-order valence-electron chi connectivity index (χ1n) is 7.04. The molecule has 0 aliphatic carbocycles. The van der Waals surface area contributed by atoms with Crippen molar-refractivity contribution < 1.29 is 9.90 Å². The monoisotopic (exact) mass is 258 g/mol. The largest absolute Gasteiger partial charge is 0.391 e. The molecule has 0 aromatic carbocycles. The van der Waals surface area contributed by atoms with Crippen molar-refractivity contribution in [3.05, 3.63) is 0 Å². The summed E-state index contributed by atoms with van der Waals surface area (Å²) in [6, 6.07) is 0.202. The third-order valence-corrected chi connectivity index (χ3v) is 3.00. The quantitative estimate of drug-likeness (QED) is 0.589. The van der Waals surface area contributed by atoms with E-state index in [0.29, 0.717) is 12.5 Å². The standard InChI is InChI=1S/C14H30N2O2/c1-10(2)8-13(17)9-16-14(18)11(3)6-5-7-12(4)15/h10-13,17H,5-9,15H2,1-4H3,(H,16,18). The van der Waals surface area contributed by atoms with Gasteiger partial charge in [-0.25, -0.2) is 0 Å². The molecule has 0 radical (unpaired) electrons. The Kier molecular flexibility index (Phi) is 9.02. The van der Waals surface area contributed by atoms with Gasteiger partial charge in [0.1, 0.15) is 0 Å². The van der Waals surface area contributed by atoms with Gasteiger partial charge < -0.3 is 16.2 Å². The van der Waals surface area contributed by atoms with Gasteiger partial charge in [0, 0.05) is 18.5 Å². The second-order valence-corrected chi connectivity index (χ2v) is 5.84. The fourth-order valence-corrected chi connectivity index (χ4v) is 1.90. The Hall–Kier alpha value is -0.610. The van der Waals surface area contributed by atoms with Gasteiger partial charge in [0.15, 0.2) is 0 Å². The topological polar surface area (TPSA) is 75.3 Å². The van der Waals surface area contributed by atoms with Gasteiger partial charge >= 0.3 is 0 Å². The van der Waals surface area contributed by atoms with E-state index >= 15 is 0 Å². The first-order chi connectivity index (χ1) is 8.32. The van der Waals surface area contributed by atoms with E-state index < -0.39 is 6.10 Å². The van der Waals surface area contributed by atoms with Gasteiger partial charge in [-0.2, -0.15) is 0 Å². The second-order valence-electron chi connectivity index (χ2n) is 5.84. The van der Waals surface area contributed by atoms with E-state index in [9.17, 15) is 9.90 Å². The Bertz CT molecular complexity index is 230. The highest BCUT2D eigenvalue weighted by Gasteiger charge is 2.14. The van der Waals surface area contributed by atoms with Crippen LogP contribution >= 0.6 is 0 Å². The van der Waals surface area contributed by atoms with Crippen LogP contribution in [0.4, 0.5) is 0 Å². The fourth-order valence-electron chi connectivity index (χ4n) is 1.90. The summed E-state index contributed by atoms with van der Waals surface area (Å²) in [6.45, 7) is 8.37. The van der Waals surface area contributed by atoms with Gasteiger partial charge in [0.2, 0.25) is 5.91 Å². The van der Waals surface area contributed by atoms with E-state index in [4.69, 9.17) is 5.73 Å². The van der Waals surface area contributed by atoms with Crippen LogP contribution in [-0.2, 0) is 4.79 Å². The zero-order valence-corrected chi connectivity index (χ0v) is 12.3. The van der Waals surface area contributed by atoms with Crippen LogP contribution in [0.2, 0.25) is 0 Å². The normalized spacial score (nSPS) is 16.4. The summed E-state index contributed by atoms with van der Waals surface area (Å²) in [4.78, 5) is 11.8. The highest BCUT2D eigenvalue weighted by Crippen LogP contribution is 2.09. The smallest absolute Gasteiger partial charge is 0.222 e. The predicted molar refractivity (Wildman–Crippen MR) is 75.1 cm³/mol. The molecule has 4 N–H and O–H groups in total. The molecular weight excluding hydrogens is 228 g/mol. The van der Waals surface area contributed by atoms with Crippen molar-refractivity contribution in [2.45, 2.75) is 65.5 Å². The summed E-state index contributed by atoms with van der Waals surface area (Å²) in [5, 5.41) is 12.5. The number of amides is 1. The van der Waals surface area contributed by atoms with Gasteiger partial charge in [-0.05, 0) is 32.1 Å². The van der Waals surface area contributed by atoms with E-state index in [1.54, 1.807) is 0 Å². The zero-order valence-electron chi connectivity index (χ0n) is 12.3. The molecule has 3 atom stereocenters. The predicted octanol–water partition coefficient (Wildman–Crippen LogP) is 1.66. The molecule has 0 bridgehead atoms. The first-order valence-corrected chi connectivity index (χ1v) is 7.04. The lowest BCUT2D eigenvalue weighted by Crippen LogP contribution is -2.36. The molecule has 0 rings (SSSR count). The Morgan fingerprint density at radius 3 is 2.33 bits per heavy atom. The lowest BCUT2D eigenvalue weighted by Gasteiger charge is -2.16. The average Bonchev–Trinajstić information content (AvgIpc) is 2.24. The molecule has 18 heavy (non-hydrogen) atoms. The van der Waals surface area contributed by atoms with Crippen molar-refractivity contribution in [2.24, 2.45) is 17.6 Å². The van der Waals surface area contributed by atoms with Crippen molar-refractivity contribution in [1.29, 1.82) is 0 Å². The molecule has 1 amide bonds. The molecular formula is C14H30N2O2. The van der Waals surface area contributed by atoms with Gasteiger partial charge in [-0.1, -0.05) is 27.2 Å². The number of carbonyl (C=O) groups excluding carboxylic acids is 1. The third-order valence-electron chi connectivity index (χ3n) is 3.00. The zero-order chi connectivity index (χ0) is 14.1. The Balaban J connectivity index is 3.73. The van der Waals surface area contributed by atoms with Crippen LogP contribution in [0.1, 0.15) is 53.4 Å². The van der Waals surface area contributed by atoms with Gasteiger partial charge in [0.05, 0.1) is 6.10 Å². The average molecular weight is 258 g/mol. The minimum absolute atomic E-state index is 0.00463. The molecule has 0 aliphatic rings. The first kappa shape index (κ1) is 17.4. The summed E-state index contributed by atoms with van der Waals surface area (Å²) in [6.07, 6.45) is 3.06. The Morgan fingerprint density at radius 1 is 1.22 bits per heavy atom. The molecule has 0 aromatic heterocycles. The molecule has 4 nitrogen and oxygen atoms in total. The van der Waals surface area contributed by atoms with E-state index in [1.807, 2.05) is 13.8 Å². The maximum atomic E-state index is 11.8. The summed E-state index contributed by atoms with van der Waals surface area (Å²) in [5.41, 5.74) is 5.67. The van der Waals surface area contributed by atoms with E-state index in [2.05, 4.69) is 19.2 Å². The molecule has 0 spiro atoms. The van der Waals surface area contributed by atoms with E-state index in [1.165, 1.54) is 0 Å². The highest BCUT2D eigenvalue weighted by atomic mass is 16.3. The number of carbonyl (C=O) groups is 1. The van der Waals surface area contributed by atoms with Crippen molar-refractivity contribution in [1.82, 2.24) is 5.32 Å². The van der Waals surface area contributed by atoms with Crippen molar-refractivity contribution in [3.63, 3.8) is 0 Å². The molecule has 4 heteroatoms. The Labute approximate surface area is 111 Å². The molecule has 0 aromatic rings. The van der Waals surface area contributed by atoms with Crippen LogP contribution in [0.3, 0.4) is 0 Å². The fraction of sp³-hybridized carbons (Fsp3) is 0.929. The lowest BCUT2D eigenvalue weighted by atomic mass is 10.0. The molecule has 0 saturated heterocycles. The summed E-state index contributed by atoms with van der Waals surface area (Å²) in [7, 11) is 0. The van der Waals surface area contributed by atoms with Crippen molar-refractivity contribution in [2.75, 3.05) is 6.54 Å². The van der Waals surface area contributed by atoms with Crippen LogP contribution in [0, 0.1) is 11.8 Å². The Morgan fingerprint density at radius 2 is 1.83 bits per heavy atom. The van der Waals surface area contributed by atoms with Crippen LogP contribution in [-0.4, -0.2) is 29.7 Å². The number of hydrogen-bond acceptors (Lipinski definition) is 3.